The Labute approximate surface area is 158 Å². The fraction of sp³-hybridized carbons (Fsp3) is 0.688. The summed E-state index contributed by atoms with van der Waals surface area (Å²) in [6, 6.07) is 2.06. The topological polar surface area (TPSA) is 75.9 Å². The number of hydrogen-bond donors (Lipinski definition) is 1. The van der Waals surface area contributed by atoms with Crippen molar-refractivity contribution in [2.45, 2.75) is 24.1 Å². The molecule has 0 spiro atoms. The van der Waals surface area contributed by atoms with E-state index >= 15 is 0 Å². The smallest absolute Gasteiger partial charge is 0.193 e. The van der Waals surface area contributed by atoms with E-state index in [0.717, 1.165) is 10.2 Å². The Morgan fingerprint density at radius 3 is 2.60 bits per heavy atom. The van der Waals surface area contributed by atoms with Gasteiger partial charge in [0, 0.05) is 63.5 Å². The van der Waals surface area contributed by atoms with Crippen molar-refractivity contribution < 1.29 is 13.2 Å². The van der Waals surface area contributed by atoms with Gasteiger partial charge in [-0.1, -0.05) is 0 Å². The van der Waals surface area contributed by atoms with Gasteiger partial charge in [0.1, 0.15) is 0 Å². The number of rotatable bonds is 5. The predicted octanol–water partition coefficient (Wildman–Crippen LogP) is 1.39. The molecule has 0 unspecified atom stereocenters. The molecular formula is C16H27BrN4O3S. The summed E-state index contributed by atoms with van der Waals surface area (Å²) in [5.74, 6) is 0.673. The molecule has 0 atom stereocenters. The number of aryl methyl sites for hydroxylation is 1. The van der Waals surface area contributed by atoms with Crippen molar-refractivity contribution in [2.75, 3.05) is 40.1 Å². The molecule has 0 aromatic carbocycles. The van der Waals surface area contributed by atoms with Crippen molar-refractivity contribution >= 4 is 31.7 Å². The first-order chi connectivity index (χ1) is 11.7. The van der Waals surface area contributed by atoms with Crippen molar-refractivity contribution in [1.82, 2.24) is 14.8 Å². The van der Waals surface area contributed by atoms with E-state index in [9.17, 15) is 8.42 Å². The highest BCUT2D eigenvalue weighted by Gasteiger charge is 2.42. The number of aliphatic imine (C=N–C) groups is 1. The van der Waals surface area contributed by atoms with Gasteiger partial charge >= 0.3 is 0 Å². The van der Waals surface area contributed by atoms with Crippen molar-refractivity contribution in [1.29, 1.82) is 0 Å². The van der Waals surface area contributed by atoms with Gasteiger partial charge in [0.2, 0.25) is 0 Å². The average molecular weight is 435 g/mol. The Bertz CT molecular complexity index is 724. The second-order valence-corrected chi connectivity index (χ2v) is 9.91. The standard InChI is InChI=1S/C16H27BrN4O3S/c1-18-15(21(3)11-14-9-13(17)10-20(14)2)19-12-16(25(4,22)23)5-7-24-8-6-16/h9-10H,5-8,11-12H2,1-4H3,(H,18,19). The molecule has 1 fully saturated rings. The number of ether oxygens (including phenoxy) is 1. The lowest BCUT2D eigenvalue weighted by Gasteiger charge is -2.36. The maximum atomic E-state index is 12.4. The van der Waals surface area contributed by atoms with Crippen molar-refractivity contribution in [3.8, 4) is 0 Å². The van der Waals surface area contributed by atoms with Crippen LogP contribution in [0.1, 0.15) is 18.5 Å². The van der Waals surface area contributed by atoms with Crippen LogP contribution in [0.5, 0.6) is 0 Å². The molecule has 0 bridgehead atoms. The Morgan fingerprint density at radius 1 is 1.48 bits per heavy atom. The number of guanidine groups is 1. The van der Waals surface area contributed by atoms with Gasteiger partial charge in [0.05, 0.1) is 11.3 Å². The summed E-state index contributed by atoms with van der Waals surface area (Å²) in [4.78, 5) is 6.29. The SMILES string of the molecule is CN=C(NCC1(S(C)(=O)=O)CCOCC1)N(C)Cc1cc(Br)cn1C. The molecule has 2 rings (SSSR count). The lowest BCUT2D eigenvalue weighted by atomic mass is 9.99. The lowest BCUT2D eigenvalue weighted by molar-refractivity contribution is 0.0754. The number of nitrogens with zero attached hydrogens (tertiary/aromatic N) is 3. The van der Waals surface area contributed by atoms with Crippen molar-refractivity contribution in [3.05, 3.63) is 22.4 Å². The van der Waals surface area contributed by atoms with Gasteiger partial charge in [0.25, 0.3) is 0 Å². The molecule has 1 N–H and O–H groups in total. The van der Waals surface area contributed by atoms with Crippen LogP contribution >= 0.6 is 15.9 Å². The molecule has 2 heterocycles. The van der Waals surface area contributed by atoms with Gasteiger partial charge in [-0.15, -0.1) is 0 Å². The first-order valence-electron chi connectivity index (χ1n) is 8.18. The minimum absolute atomic E-state index is 0.336. The van der Waals surface area contributed by atoms with Gasteiger partial charge in [-0.2, -0.15) is 0 Å². The van der Waals surface area contributed by atoms with Crippen LogP contribution in [-0.4, -0.2) is 68.7 Å². The first-order valence-corrected chi connectivity index (χ1v) is 10.9. The minimum Gasteiger partial charge on any atom is -0.381 e. The molecule has 0 aliphatic carbocycles. The second-order valence-electron chi connectivity index (χ2n) is 6.58. The summed E-state index contributed by atoms with van der Waals surface area (Å²) in [7, 11) is 2.43. The highest BCUT2D eigenvalue weighted by Crippen LogP contribution is 2.28. The minimum atomic E-state index is -3.21. The van der Waals surface area contributed by atoms with E-state index in [2.05, 4.69) is 32.3 Å². The molecule has 25 heavy (non-hydrogen) atoms. The second kappa shape index (κ2) is 8.09. The largest absolute Gasteiger partial charge is 0.381 e. The van der Waals surface area contributed by atoms with Gasteiger partial charge in [-0.3, -0.25) is 4.99 Å². The molecule has 0 radical (unpaired) electrons. The van der Waals surface area contributed by atoms with E-state index in [-0.39, 0.29) is 0 Å². The predicted molar refractivity (Wildman–Crippen MR) is 104 cm³/mol. The lowest BCUT2D eigenvalue weighted by Crippen LogP contribution is -2.53. The third-order valence-electron chi connectivity index (χ3n) is 4.81. The summed E-state index contributed by atoms with van der Waals surface area (Å²) in [6.45, 7) is 1.95. The molecule has 1 aliphatic heterocycles. The van der Waals surface area contributed by atoms with Crippen molar-refractivity contribution in [2.24, 2.45) is 12.0 Å². The summed E-state index contributed by atoms with van der Waals surface area (Å²) in [6.07, 6.45) is 4.32. The van der Waals surface area contributed by atoms with Crippen LogP contribution in [0.25, 0.3) is 0 Å². The molecule has 142 valence electrons. The monoisotopic (exact) mass is 434 g/mol. The van der Waals surface area contributed by atoms with Crippen LogP contribution in [-0.2, 0) is 28.2 Å². The highest BCUT2D eigenvalue weighted by atomic mass is 79.9. The quantitative estimate of drug-likeness (QED) is 0.559. The summed E-state index contributed by atoms with van der Waals surface area (Å²) in [5.41, 5.74) is 1.13. The van der Waals surface area contributed by atoms with E-state index in [1.54, 1.807) is 7.05 Å². The highest BCUT2D eigenvalue weighted by molar-refractivity contribution is 9.10. The fourth-order valence-corrected chi connectivity index (χ4v) is 4.90. The maximum Gasteiger partial charge on any atom is 0.193 e. The Morgan fingerprint density at radius 2 is 2.12 bits per heavy atom. The molecule has 1 aliphatic rings. The van der Waals surface area contributed by atoms with Crippen LogP contribution in [0.2, 0.25) is 0 Å². The number of aromatic nitrogens is 1. The van der Waals surface area contributed by atoms with E-state index < -0.39 is 14.6 Å². The molecule has 0 amide bonds. The normalized spacial score (nSPS) is 18.2. The van der Waals surface area contributed by atoms with Gasteiger partial charge < -0.3 is 19.5 Å². The van der Waals surface area contributed by atoms with E-state index in [0.29, 0.717) is 45.1 Å². The van der Waals surface area contributed by atoms with Crippen LogP contribution in [0.3, 0.4) is 0 Å². The number of nitrogens with one attached hydrogen (secondary N) is 1. The van der Waals surface area contributed by atoms with Gasteiger partial charge in [0.15, 0.2) is 15.8 Å². The zero-order valence-electron chi connectivity index (χ0n) is 15.2. The summed E-state index contributed by atoms with van der Waals surface area (Å²) < 4.78 is 32.4. The van der Waals surface area contributed by atoms with E-state index in [4.69, 9.17) is 4.74 Å². The Kier molecular flexibility index (Phi) is 6.56. The van der Waals surface area contributed by atoms with Crippen molar-refractivity contribution in [3.63, 3.8) is 0 Å². The average Bonchev–Trinajstić information content (AvgIpc) is 2.85. The van der Waals surface area contributed by atoms with Crippen LogP contribution in [0, 0.1) is 0 Å². The molecule has 1 saturated heterocycles. The molecular weight excluding hydrogens is 408 g/mol. The van der Waals surface area contributed by atoms with Gasteiger partial charge in [-0.05, 0) is 34.8 Å². The summed E-state index contributed by atoms with van der Waals surface area (Å²) in [5, 5.41) is 3.25. The number of sulfone groups is 1. The maximum absolute atomic E-state index is 12.4. The fourth-order valence-electron chi connectivity index (χ4n) is 3.09. The Hall–Kier alpha value is -1.06. The van der Waals surface area contributed by atoms with E-state index in [1.165, 1.54) is 6.26 Å². The molecule has 9 heteroatoms. The number of hydrogen-bond acceptors (Lipinski definition) is 4. The third kappa shape index (κ3) is 4.77. The first kappa shape index (κ1) is 20.3. The molecule has 1 aromatic rings. The zero-order chi connectivity index (χ0) is 18.7. The van der Waals surface area contributed by atoms with Crippen LogP contribution in [0.4, 0.5) is 0 Å². The zero-order valence-corrected chi connectivity index (χ0v) is 17.7. The summed E-state index contributed by atoms with van der Waals surface area (Å²) >= 11 is 3.47. The van der Waals surface area contributed by atoms with Gasteiger partial charge in [-0.25, -0.2) is 8.42 Å². The molecule has 0 saturated carbocycles. The van der Waals surface area contributed by atoms with Crippen LogP contribution < -0.4 is 5.32 Å². The third-order valence-corrected chi connectivity index (χ3v) is 7.37. The van der Waals surface area contributed by atoms with Crippen LogP contribution in [0.15, 0.2) is 21.7 Å². The molecule has 7 nitrogen and oxygen atoms in total. The molecule has 1 aromatic heterocycles. The Balaban J connectivity index is 2.07. The van der Waals surface area contributed by atoms with E-state index in [1.807, 2.05) is 29.8 Å². The number of halogens is 1.